The van der Waals surface area contributed by atoms with Crippen molar-refractivity contribution in [2.75, 3.05) is 6.54 Å². The average Bonchev–Trinajstić information content (AvgIpc) is 2.77. The van der Waals surface area contributed by atoms with Crippen molar-refractivity contribution in [3.05, 3.63) is 0 Å². The van der Waals surface area contributed by atoms with Crippen molar-refractivity contribution in [2.24, 2.45) is 5.92 Å². The van der Waals surface area contributed by atoms with Gasteiger partial charge in [0.15, 0.2) is 0 Å². The smallest absolute Gasteiger partial charge is 0.0555 e. The van der Waals surface area contributed by atoms with E-state index in [1.165, 1.54) is 32.2 Å². The highest BCUT2D eigenvalue weighted by atomic mass is 16.3. The van der Waals surface area contributed by atoms with Crippen LogP contribution in [0, 0.1) is 5.92 Å². The summed E-state index contributed by atoms with van der Waals surface area (Å²) in [5, 5.41) is 9.50. The number of hydrogen-bond acceptors (Lipinski definition) is 2. The normalized spacial score (nSPS) is 50.5. The Bertz CT molecular complexity index is 206. The van der Waals surface area contributed by atoms with Gasteiger partial charge in [0.05, 0.1) is 6.10 Å². The monoisotopic (exact) mass is 181 g/mol. The summed E-state index contributed by atoms with van der Waals surface area (Å²) in [6.07, 6.45) is 7.68. The van der Waals surface area contributed by atoms with Gasteiger partial charge in [-0.15, -0.1) is 0 Å². The Kier molecular flexibility index (Phi) is 1.88. The lowest BCUT2D eigenvalue weighted by Gasteiger charge is -2.32. The third-order valence-corrected chi connectivity index (χ3v) is 4.30. The molecule has 0 aromatic carbocycles. The molecule has 3 fully saturated rings. The molecule has 0 radical (unpaired) electrons. The van der Waals surface area contributed by atoms with Crippen LogP contribution in [0.5, 0.6) is 0 Å². The van der Waals surface area contributed by atoms with Crippen LogP contribution in [0.3, 0.4) is 0 Å². The first-order valence-electron chi connectivity index (χ1n) is 5.77. The van der Waals surface area contributed by atoms with Crippen LogP contribution in [0.4, 0.5) is 0 Å². The van der Waals surface area contributed by atoms with Crippen molar-refractivity contribution >= 4 is 0 Å². The minimum Gasteiger partial charge on any atom is -0.393 e. The lowest BCUT2D eigenvalue weighted by molar-refractivity contribution is 0.127. The molecule has 2 saturated carbocycles. The number of aliphatic hydroxyl groups is 1. The number of fused-ring (bicyclic) bond motifs is 2. The molecule has 2 aliphatic carbocycles. The van der Waals surface area contributed by atoms with Gasteiger partial charge in [-0.3, -0.25) is 4.90 Å². The van der Waals surface area contributed by atoms with Gasteiger partial charge in [0, 0.05) is 18.6 Å². The van der Waals surface area contributed by atoms with E-state index < -0.39 is 0 Å². The van der Waals surface area contributed by atoms with Gasteiger partial charge >= 0.3 is 0 Å². The molecule has 1 heterocycles. The molecule has 2 nitrogen and oxygen atoms in total. The molecule has 3 rings (SSSR count). The SMILES string of the molecule is OC1CCC(N2CC3CCC2C3)C1. The maximum Gasteiger partial charge on any atom is 0.0555 e. The van der Waals surface area contributed by atoms with Crippen LogP contribution in [-0.2, 0) is 0 Å². The van der Waals surface area contributed by atoms with Crippen molar-refractivity contribution < 1.29 is 5.11 Å². The fraction of sp³-hybridized carbons (Fsp3) is 1.00. The first-order chi connectivity index (χ1) is 6.33. The Balaban J connectivity index is 1.66. The molecule has 1 saturated heterocycles. The minimum absolute atomic E-state index is 0.00382. The largest absolute Gasteiger partial charge is 0.393 e. The van der Waals surface area contributed by atoms with Crippen molar-refractivity contribution in [1.82, 2.24) is 4.90 Å². The summed E-state index contributed by atoms with van der Waals surface area (Å²) in [6, 6.07) is 1.62. The molecule has 0 spiro atoms. The van der Waals surface area contributed by atoms with Crippen molar-refractivity contribution in [3.63, 3.8) is 0 Å². The van der Waals surface area contributed by atoms with Crippen LogP contribution in [0.25, 0.3) is 0 Å². The molecular formula is C11H19NO. The van der Waals surface area contributed by atoms with E-state index in [1.54, 1.807) is 0 Å². The maximum atomic E-state index is 9.50. The van der Waals surface area contributed by atoms with E-state index in [4.69, 9.17) is 0 Å². The van der Waals surface area contributed by atoms with Gasteiger partial charge in [-0.2, -0.15) is 0 Å². The zero-order chi connectivity index (χ0) is 8.84. The molecular weight excluding hydrogens is 162 g/mol. The Morgan fingerprint density at radius 1 is 0.923 bits per heavy atom. The highest BCUT2D eigenvalue weighted by Gasteiger charge is 2.42. The van der Waals surface area contributed by atoms with Gasteiger partial charge in [-0.25, -0.2) is 0 Å². The molecule has 74 valence electrons. The quantitative estimate of drug-likeness (QED) is 0.660. The molecule has 3 aliphatic rings. The Morgan fingerprint density at radius 2 is 1.69 bits per heavy atom. The van der Waals surface area contributed by atoms with Crippen LogP contribution < -0.4 is 0 Å². The van der Waals surface area contributed by atoms with Gasteiger partial charge < -0.3 is 5.11 Å². The van der Waals surface area contributed by atoms with Crippen molar-refractivity contribution in [1.29, 1.82) is 0 Å². The highest BCUT2D eigenvalue weighted by molar-refractivity contribution is 4.97. The van der Waals surface area contributed by atoms with Gasteiger partial charge in [0.1, 0.15) is 0 Å². The van der Waals surface area contributed by atoms with Crippen LogP contribution in [-0.4, -0.2) is 34.7 Å². The fourth-order valence-electron chi connectivity index (χ4n) is 3.65. The molecule has 1 N–H and O–H groups in total. The summed E-state index contributed by atoms with van der Waals surface area (Å²) in [6.45, 7) is 1.34. The third-order valence-electron chi connectivity index (χ3n) is 4.30. The molecule has 0 amide bonds. The zero-order valence-electron chi connectivity index (χ0n) is 8.15. The summed E-state index contributed by atoms with van der Waals surface area (Å²) < 4.78 is 0. The lowest BCUT2D eigenvalue weighted by Crippen LogP contribution is -2.39. The first-order valence-corrected chi connectivity index (χ1v) is 5.77. The van der Waals surface area contributed by atoms with Crippen LogP contribution in [0.1, 0.15) is 38.5 Å². The molecule has 2 heteroatoms. The van der Waals surface area contributed by atoms with Gasteiger partial charge in [-0.05, 0) is 44.4 Å². The zero-order valence-corrected chi connectivity index (χ0v) is 8.15. The number of hydrogen-bond donors (Lipinski definition) is 1. The summed E-state index contributed by atoms with van der Waals surface area (Å²) >= 11 is 0. The Morgan fingerprint density at radius 3 is 2.23 bits per heavy atom. The summed E-state index contributed by atoms with van der Waals surface area (Å²) in [5.41, 5.74) is 0. The Labute approximate surface area is 79.9 Å². The van der Waals surface area contributed by atoms with E-state index in [1.807, 2.05) is 0 Å². The highest BCUT2D eigenvalue weighted by Crippen LogP contribution is 2.41. The molecule has 4 atom stereocenters. The number of likely N-dealkylation sites (tertiary alicyclic amines) is 1. The molecule has 0 aromatic rings. The van der Waals surface area contributed by atoms with E-state index in [-0.39, 0.29) is 6.10 Å². The van der Waals surface area contributed by atoms with Gasteiger partial charge in [0.25, 0.3) is 0 Å². The predicted molar refractivity (Wildman–Crippen MR) is 51.5 cm³/mol. The van der Waals surface area contributed by atoms with E-state index in [9.17, 15) is 5.11 Å². The second kappa shape index (κ2) is 2.96. The molecule has 4 unspecified atom stereocenters. The second-order valence-electron chi connectivity index (χ2n) is 5.15. The fourth-order valence-corrected chi connectivity index (χ4v) is 3.65. The number of aliphatic hydroxyl groups excluding tert-OH is 1. The topological polar surface area (TPSA) is 23.5 Å². The standard InChI is InChI=1S/C11H19NO/c13-11-4-3-10(6-11)12-7-8-1-2-9(12)5-8/h8-11,13H,1-7H2. The summed E-state index contributed by atoms with van der Waals surface area (Å²) in [4.78, 5) is 2.70. The number of nitrogens with zero attached hydrogens (tertiary/aromatic N) is 1. The Hall–Kier alpha value is -0.0800. The minimum atomic E-state index is 0.00382. The van der Waals surface area contributed by atoms with Crippen molar-refractivity contribution in [3.8, 4) is 0 Å². The third kappa shape index (κ3) is 1.31. The summed E-state index contributed by atoms with van der Waals surface area (Å²) in [5.74, 6) is 1.00. The van der Waals surface area contributed by atoms with E-state index in [0.717, 1.165) is 30.8 Å². The van der Waals surface area contributed by atoms with Crippen LogP contribution >= 0.6 is 0 Å². The molecule has 0 aromatic heterocycles. The second-order valence-corrected chi connectivity index (χ2v) is 5.15. The van der Waals surface area contributed by atoms with Crippen molar-refractivity contribution in [2.45, 2.75) is 56.7 Å². The van der Waals surface area contributed by atoms with Crippen LogP contribution in [0.2, 0.25) is 0 Å². The van der Waals surface area contributed by atoms with Crippen LogP contribution in [0.15, 0.2) is 0 Å². The van der Waals surface area contributed by atoms with E-state index in [2.05, 4.69) is 4.90 Å². The molecule has 13 heavy (non-hydrogen) atoms. The van der Waals surface area contributed by atoms with E-state index >= 15 is 0 Å². The summed E-state index contributed by atoms with van der Waals surface area (Å²) in [7, 11) is 0. The van der Waals surface area contributed by atoms with Gasteiger partial charge in [-0.1, -0.05) is 0 Å². The number of piperidine rings is 1. The van der Waals surface area contributed by atoms with E-state index in [0.29, 0.717) is 0 Å². The average molecular weight is 181 g/mol. The molecule has 2 bridgehead atoms. The maximum absolute atomic E-state index is 9.50. The number of rotatable bonds is 1. The first kappa shape index (κ1) is 8.25. The lowest BCUT2D eigenvalue weighted by atomic mass is 10.1. The molecule has 1 aliphatic heterocycles. The predicted octanol–water partition coefficient (Wildman–Crippen LogP) is 1.38. The van der Waals surface area contributed by atoms with Gasteiger partial charge in [0.2, 0.25) is 0 Å².